The van der Waals surface area contributed by atoms with Crippen LogP contribution in [0.25, 0.3) is 0 Å². The minimum absolute atomic E-state index is 0.0647. The van der Waals surface area contributed by atoms with E-state index in [1.165, 1.54) is 5.56 Å². The predicted molar refractivity (Wildman–Crippen MR) is 170 cm³/mol. The van der Waals surface area contributed by atoms with E-state index in [4.69, 9.17) is 9.47 Å². The van der Waals surface area contributed by atoms with Crippen LogP contribution in [-0.2, 0) is 29.2 Å². The van der Waals surface area contributed by atoms with Crippen molar-refractivity contribution in [2.24, 2.45) is 0 Å². The zero-order valence-electron chi connectivity index (χ0n) is 26.6. The molecule has 2 N–H and O–H groups in total. The Morgan fingerprint density at radius 3 is 1.90 bits per heavy atom. The van der Waals surface area contributed by atoms with E-state index < -0.39 is 46.8 Å². The molecule has 4 aromatic rings. The molecule has 2 aliphatic rings. The molecule has 2 saturated heterocycles. The fourth-order valence-corrected chi connectivity index (χ4v) is 6.16. The van der Waals surface area contributed by atoms with Gasteiger partial charge in [0.05, 0.1) is 18.8 Å². The number of nitrogens with one attached hydrogen (secondary N) is 1. The van der Waals surface area contributed by atoms with Crippen LogP contribution in [0, 0.1) is 29.1 Å². The van der Waals surface area contributed by atoms with Crippen molar-refractivity contribution in [3.05, 3.63) is 141 Å². The van der Waals surface area contributed by atoms with Gasteiger partial charge in [0.25, 0.3) is 5.91 Å². The Morgan fingerprint density at radius 1 is 0.694 bits per heavy atom. The Morgan fingerprint density at radius 2 is 1.27 bits per heavy atom. The molecule has 2 fully saturated rings. The number of carbonyl (C=O) groups is 1. The summed E-state index contributed by atoms with van der Waals surface area (Å²) in [5.41, 5.74) is 2.70. The fourth-order valence-electron chi connectivity index (χ4n) is 6.16. The van der Waals surface area contributed by atoms with E-state index in [2.05, 4.69) is 39.4 Å². The lowest BCUT2D eigenvalue weighted by Gasteiger charge is -2.40. The van der Waals surface area contributed by atoms with E-state index in [1.54, 1.807) is 24.3 Å². The summed E-state index contributed by atoms with van der Waals surface area (Å²) in [6.45, 7) is 5.01. The second-order valence-electron chi connectivity index (χ2n) is 12.3. The number of benzene rings is 4. The molecule has 3 atom stereocenters. The maximum absolute atomic E-state index is 14.1. The SMILES string of the molecule is O=C(NCc1ccc([C@H]2O[C@@H](CN3CCN(Cc4ccccc4)CC3)C[C@@H](c3ccc(CO)cc3)O2)cc1)c1c(F)c(F)c(F)c(F)c1F. The Labute approximate surface area is 280 Å². The lowest BCUT2D eigenvalue weighted by Crippen LogP contribution is -2.49. The van der Waals surface area contributed by atoms with Gasteiger partial charge in [-0.05, 0) is 22.3 Å². The minimum Gasteiger partial charge on any atom is -0.392 e. The quantitative estimate of drug-likeness (QED) is 0.119. The maximum Gasteiger partial charge on any atom is 0.257 e. The second kappa shape index (κ2) is 15.6. The van der Waals surface area contributed by atoms with Crippen molar-refractivity contribution in [3.8, 4) is 0 Å². The summed E-state index contributed by atoms with van der Waals surface area (Å²) in [5.74, 6) is -12.5. The predicted octanol–water partition coefficient (Wildman–Crippen LogP) is 6.17. The first-order chi connectivity index (χ1) is 23.7. The van der Waals surface area contributed by atoms with Crippen molar-refractivity contribution in [3.63, 3.8) is 0 Å². The summed E-state index contributed by atoms with van der Waals surface area (Å²) in [5, 5.41) is 11.7. The Kier molecular flexibility index (Phi) is 11.0. The fraction of sp³-hybridized carbons (Fsp3) is 0.324. The number of aliphatic hydroxyl groups is 1. The van der Waals surface area contributed by atoms with E-state index in [-0.39, 0.29) is 25.4 Å². The average Bonchev–Trinajstić information content (AvgIpc) is 3.14. The monoisotopic (exact) mass is 681 g/mol. The number of aliphatic hydroxyl groups excluding tert-OH is 1. The number of nitrogens with zero attached hydrogens (tertiary/aromatic N) is 2. The molecule has 4 aromatic carbocycles. The molecular weight excluding hydrogens is 645 g/mol. The number of piperazine rings is 1. The minimum atomic E-state index is -2.33. The third-order valence-corrected chi connectivity index (χ3v) is 8.93. The Balaban J connectivity index is 1.11. The first-order valence-corrected chi connectivity index (χ1v) is 16.1. The molecule has 0 radical (unpaired) electrons. The van der Waals surface area contributed by atoms with Gasteiger partial charge >= 0.3 is 0 Å². The molecular formula is C37H36F5N3O4. The number of amides is 1. The highest BCUT2D eigenvalue weighted by Crippen LogP contribution is 2.38. The van der Waals surface area contributed by atoms with Gasteiger partial charge in [0.2, 0.25) is 5.82 Å². The molecule has 7 nitrogen and oxygen atoms in total. The molecule has 0 spiro atoms. The molecule has 49 heavy (non-hydrogen) atoms. The molecule has 12 heteroatoms. The number of hydrogen-bond donors (Lipinski definition) is 2. The van der Waals surface area contributed by atoms with Crippen LogP contribution in [0.2, 0.25) is 0 Å². The Bertz CT molecular complexity index is 1710. The zero-order chi connectivity index (χ0) is 34.5. The lowest BCUT2D eigenvalue weighted by molar-refractivity contribution is -0.253. The van der Waals surface area contributed by atoms with Crippen LogP contribution in [0.4, 0.5) is 22.0 Å². The summed E-state index contributed by atoms with van der Waals surface area (Å²) in [4.78, 5) is 17.2. The van der Waals surface area contributed by atoms with E-state index >= 15 is 0 Å². The van der Waals surface area contributed by atoms with Gasteiger partial charge in [-0.3, -0.25) is 14.6 Å². The van der Waals surface area contributed by atoms with E-state index in [1.807, 2.05) is 30.3 Å². The molecule has 258 valence electrons. The van der Waals surface area contributed by atoms with E-state index in [9.17, 15) is 31.9 Å². The van der Waals surface area contributed by atoms with Gasteiger partial charge in [-0.2, -0.15) is 0 Å². The second-order valence-corrected chi connectivity index (χ2v) is 12.3. The van der Waals surface area contributed by atoms with Crippen LogP contribution in [0.5, 0.6) is 0 Å². The van der Waals surface area contributed by atoms with E-state index in [0.29, 0.717) is 24.1 Å². The summed E-state index contributed by atoms with van der Waals surface area (Å²) in [7, 11) is 0. The number of ether oxygens (including phenoxy) is 2. The highest BCUT2D eigenvalue weighted by Gasteiger charge is 2.34. The number of rotatable bonds is 10. The molecule has 0 bridgehead atoms. The normalized spacial score (nSPS) is 20.3. The zero-order valence-corrected chi connectivity index (χ0v) is 26.6. The van der Waals surface area contributed by atoms with Crippen LogP contribution >= 0.6 is 0 Å². The van der Waals surface area contributed by atoms with Crippen LogP contribution < -0.4 is 5.32 Å². The van der Waals surface area contributed by atoms with Crippen molar-refractivity contribution >= 4 is 5.91 Å². The largest absolute Gasteiger partial charge is 0.392 e. The highest BCUT2D eigenvalue weighted by molar-refractivity contribution is 5.94. The van der Waals surface area contributed by atoms with Crippen LogP contribution in [0.15, 0.2) is 78.9 Å². The summed E-state index contributed by atoms with van der Waals surface area (Å²) < 4.78 is 81.6. The summed E-state index contributed by atoms with van der Waals surface area (Å²) in [6.07, 6.45) is -0.531. The molecule has 0 aliphatic carbocycles. The molecule has 2 heterocycles. The number of hydrogen-bond acceptors (Lipinski definition) is 6. The Hall–Kier alpha value is -4.20. The first kappa shape index (κ1) is 34.7. The molecule has 6 rings (SSSR count). The topological polar surface area (TPSA) is 74.3 Å². The average molecular weight is 682 g/mol. The smallest absolute Gasteiger partial charge is 0.257 e. The lowest BCUT2D eigenvalue weighted by atomic mass is 9.99. The van der Waals surface area contributed by atoms with Gasteiger partial charge in [-0.1, -0.05) is 78.9 Å². The maximum atomic E-state index is 14.1. The van der Waals surface area contributed by atoms with Crippen molar-refractivity contribution in [2.75, 3.05) is 32.7 Å². The van der Waals surface area contributed by atoms with Crippen LogP contribution in [0.1, 0.15) is 57.0 Å². The van der Waals surface area contributed by atoms with Gasteiger partial charge in [0.1, 0.15) is 5.56 Å². The van der Waals surface area contributed by atoms with Crippen molar-refractivity contribution < 1.29 is 41.3 Å². The molecule has 0 saturated carbocycles. The van der Waals surface area contributed by atoms with E-state index in [0.717, 1.165) is 43.9 Å². The van der Waals surface area contributed by atoms with Gasteiger partial charge in [0, 0.05) is 57.8 Å². The number of carbonyl (C=O) groups excluding carboxylic acids is 1. The van der Waals surface area contributed by atoms with Gasteiger partial charge < -0.3 is 19.9 Å². The standard InChI is InChI=1S/C37H36F5N3O4/c38-31-30(32(39)34(41)35(42)33(31)40)36(47)43-19-23-6-12-27(13-7-23)37-48-28(18-29(49-37)26-10-8-25(22-46)9-11-26)21-45-16-14-44(15-17-45)20-24-4-2-1-3-5-24/h1-13,28-29,37,46H,14-22H2,(H,43,47)/t28-,29+,37+/m1/s1. The van der Waals surface area contributed by atoms with Crippen molar-refractivity contribution in [2.45, 2.75) is 44.6 Å². The summed E-state index contributed by atoms with van der Waals surface area (Å²) >= 11 is 0. The van der Waals surface area contributed by atoms with Gasteiger partial charge in [0.15, 0.2) is 29.6 Å². The third-order valence-electron chi connectivity index (χ3n) is 8.93. The van der Waals surface area contributed by atoms with Crippen LogP contribution in [-0.4, -0.2) is 59.6 Å². The van der Waals surface area contributed by atoms with Crippen molar-refractivity contribution in [1.82, 2.24) is 15.1 Å². The summed E-state index contributed by atoms with van der Waals surface area (Å²) in [6, 6.07) is 24.8. The molecule has 0 unspecified atom stereocenters. The first-order valence-electron chi connectivity index (χ1n) is 16.1. The van der Waals surface area contributed by atoms with Gasteiger partial charge in [-0.25, -0.2) is 22.0 Å². The molecule has 0 aromatic heterocycles. The molecule has 2 aliphatic heterocycles. The van der Waals surface area contributed by atoms with Crippen molar-refractivity contribution in [1.29, 1.82) is 0 Å². The van der Waals surface area contributed by atoms with Crippen LogP contribution in [0.3, 0.4) is 0 Å². The number of halogens is 5. The van der Waals surface area contributed by atoms with Gasteiger partial charge in [-0.15, -0.1) is 0 Å². The molecule has 1 amide bonds. The third kappa shape index (κ3) is 8.17. The highest BCUT2D eigenvalue weighted by atomic mass is 19.2.